The highest BCUT2D eigenvalue weighted by atomic mass is 16.5. The Labute approximate surface area is 77.7 Å². The Morgan fingerprint density at radius 2 is 2.62 bits per heavy atom. The van der Waals surface area contributed by atoms with Crippen molar-refractivity contribution < 1.29 is 4.74 Å². The van der Waals surface area contributed by atoms with E-state index in [1.165, 1.54) is 5.69 Å². The molecule has 0 amide bonds. The van der Waals surface area contributed by atoms with Gasteiger partial charge in [-0.1, -0.05) is 0 Å². The van der Waals surface area contributed by atoms with Crippen molar-refractivity contribution in [3.8, 4) is 0 Å². The van der Waals surface area contributed by atoms with Gasteiger partial charge in [0, 0.05) is 24.9 Å². The molecule has 0 spiro atoms. The highest BCUT2D eigenvalue weighted by Crippen LogP contribution is 2.20. The second-order valence-electron chi connectivity index (χ2n) is 3.35. The van der Waals surface area contributed by atoms with E-state index in [-0.39, 0.29) is 0 Å². The van der Waals surface area contributed by atoms with Crippen molar-refractivity contribution >= 4 is 0 Å². The van der Waals surface area contributed by atoms with Gasteiger partial charge in [-0.25, -0.2) is 4.98 Å². The first-order valence-electron chi connectivity index (χ1n) is 4.70. The molecule has 0 aliphatic carbocycles. The molecule has 1 saturated heterocycles. The van der Waals surface area contributed by atoms with Crippen LogP contribution in [-0.2, 0) is 11.2 Å². The van der Waals surface area contributed by atoms with Crippen LogP contribution in [0, 0.1) is 0 Å². The number of aromatic nitrogens is 2. The van der Waals surface area contributed by atoms with Crippen LogP contribution in [0.1, 0.15) is 18.2 Å². The van der Waals surface area contributed by atoms with E-state index in [1.807, 2.05) is 12.5 Å². The molecule has 0 bridgehead atoms. The van der Waals surface area contributed by atoms with Gasteiger partial charge in [0.25, 0.3) is 0 Å². The summed E-state index contributed by atoms with van der Waals surface area (Å²) in [7, 11) is 0. The normalized spacial score (nSPS) is 22.4. The summed E-state index contributed by atoms with van der Waals surface area (Å²) >= 11 is 0. The minimum Gasteiger partial charge on any atom is -0.379 e. The largest absolute Gasteiger partial charge is 0.379 e. The van der Waals surface area contributed by atoms with Crippen molar-refractivity contribution in [1.29, 1.82) is 0 Å². The number of nitrogens with two attached hydrogens (primary N) is 1. The number of rotatable bonds is 3. The van der Waals surface area contributed by atoms with Crippen LogP contribution < -0.4 is 5.73 Å². The lowest BCUT2D eigenvalue weighted by atomic mass is 10.2. The molecule has 1 fully saturated rings. The molecule has 1 aliphatic heterocycles. The molecule has 0 radical (unpaired) electrons. The van der Waals surface area contributed by atoms with Crippen molar-refractivity contribution in [2.45, 2.75) is 18.9 Å². The van der Waals surface area contributed by atoms with Crippen LogP contribution >= 0.6 is 0 Å². The van der Waals surface area contributed by atoms with Gasteiger partial charge in [-0.05, 0) is 13.0 Å². The number of nitrogens with zero attached hydrogens (tertiary/aromatic N) is 2. The van der Waals surface area contributed by atoms with E-state index >= 15 is 0 Å². The Morgan fingerprint density at radius 1 is 1.69 bits per heavy atom. The van der Waals surface area contributed by atoms with E-state index < -0.39 is 0 Å². The van der Waals surface area contributed by atoms with E-state index in [0.29, 0.717) is 12.6 Å². The molecular formula is C9H15N3O. The Bertz CT molecular complexity index is 266. The summed E-state index contributed by atoms with van der Waals surface area (Å²) in [4.78, 5) is 4.14. The fraction of sp³-hybridized carbons (Fsp3) is 0.667. The van der Waals surface area contributed by atoms with Crippen LogP contribution in [0.3, 0.4) is 0 Å². The second kappa shape index (κ2) is 3.89. The summed E-state index contributed by atoms with van der Waals surface area (Å²) in [5.41, 5.74) is 6.74. The fourth-order valence-corrected chi connectivity index (χ4v) is 1.74. The fourth-order valence-electron chi connectivity index (χ4n) is 1.74. The smallest absolute Gasteiger partial charge is 0.0951 e. The summed E-state index contributed by atoms with van der Waals surface area (Å²) in [5, 5.41) is 0. The third-order valence-corrected chi connectivity index (χ3v) is 2.45. The van der Waals surface area contributed by atoms with Crippen molar-refractivity contribution in [3.05, 3.63) is 18.2 Å². The van der Waals surface area contributed by atoms with E-state index in [9.17, 15) is 0 Å². The van der Waals surface area contributed by atoms with Crippen molar-refractivity contribution in [2.24, 2.45) is 5.73 Å². The average molecular weight is 181 g/mol. The van der Waals surface area contributed by atoms with Crippen molar-refractivity contribution in [1.82, 2.24) is 9.55 Å². The maximum Gasteiger partial charge on any atom is 0.0951 e. The van der Waals surface area contributed by atoms with Gasteiger partial charge in [0.2, 0.25) is 0 Å². The SMILES string of the molecule is NCCc1cncn1C1CCOC1. The maximum atomic E-state index is 5.51. The van der Waals surface area contributed by atoms with Crippen LogP contribution in [-0.4, -0.2) is 29.3 Å². The molecule has 1 aromatic heterocycles. The van der Waals surface area contributed by atoms with Crippen LogP contribution in [0.4, 0.5) is 0 Å². The van der Waals surface area contributed by atoms with Gasteiger partial charge in [0.15, 0.2) is 0 Å². The summed E-state index contributed by atoms with van der Waals surface area (Å²) in [6.45, 7) is 2.36. The van der Waals surface area contributed by atoms with Gasteiger partial charge in [0.1, 0.15) is 0 Å². The number of hydrogen-bond acceptors (Lipinski definition) is 3. The van der Waals surface area contributed by atoms with Gasteiger partial charge in [-0.15, -0.1) is 0 Å². The number of imidazole rings is 1. The molecule has 4 heteroatoms. The third kappa shape index (κ3) is 1.73. The first-order valence-corrected chi connectivity index (χ1v) is 4.70. The van der Waals surface area contributed by atoms with Crippen LogP contribution in [0.25, 0.3) is 0 Å². The Hall–Kier alpha value is -0.870. The zero-order valence-corrected chi connectivity index (χ0v) is 7.65. The lowest BCUT2D eigenvalue weighted by Crippen LogP contribution is -2.13. The van der Waals surface area contributed by atoms with Crippen molar-refractivity contribution in [3.63, 3.8) is 0 Å². The zero-order chi connectivity index (χ0) is 9.10. The molecule has 1 aromatic rings. The summed E-state index contributed by atoms with van der Waals surface area (Å²) in [6.07, 6.45) is 5.76. The number of hydrogen-bond donors (Lipinski definition) is 1. The monoisotopic (exact) mass is 181 g/mol. The molecule has 13 heavy (non-hydrogen) atoms. The lowest BCUT2D eigenvalue weighted by molar-refractivity contribution is 0.186. The highest BCUT2D eigenvalue weighted by molar-refractivity contribution is 5.01. The Kier molecular flexibility index (Phi) is 2.61. The molecule has 72 valence electrons. The van der Waals surface area contributed by atoms with E-state index in [2.05, 4.69) is 9.55 Å². The minimum atomic E-state index is 0.476. The molecule has 2 heterocycles. The standard InChI is InChI=1S/C9H15N3O/c10-3-1-8-5-11-7-12(8)9-2-4-13-6-9/h5,7,9H,1-4,6,10H2. The third-order valence-electron chi connectivity index (χ3n) is 2.45. The summed E-state index contributed by atoms with van der Waals surface area (Å²) in [5.74, 6) is 0. The molecule has 2 rings (SSSR count). The maximum absolute atomic E-state index is 5.51. The number of ether oxygens (including phenoxy) is 1. The van der Waals surface area contributed by atoms with Gasteiger partial charge in [-0.3, -0.25) is 0 Å². The molecule has 1 unspecified atom stereocenters. The Balaban J connectivity index is 2.13. The van der Waals surface area contributed by atoms with Crippen LogP contribution in [0.15, 0.2) is 12.5 Å². The van der Waals surface area contributed by atoms with Crippen LogP contribution in [0.5, 0.6) is 0 Å². The molecular weight excluding hydrogens is 166 g/mol. The topological polar surface area (TPSA) is 53.1 Å². The lowest BCUT2D eigenvalue weighted by Gasteiger charge is -2.12. The van der Waals surface area contributed by atoms with Crippen molar-refractivity contribution in [2.75, 3.05) is 19.8 Å². The van der Waals surface area contributed by atoms with Gasteiger partial charge >= 0.3 is 0 Å². The predicted octanol–water partition coefficient (Wildman–Crippen LogP) is 0.346. The van der Waals surface area contributed by atoms with Gasteiger partial charge in [-0.2, -0.15) is 0 Å². The first kappa shape index (κ1) is 8.72. The van der Waals surface area contributed by atoms with Crippen LogP contribution in [0.2, 0.25) is 0 Å². The molecule has 1 aliphatic rings. The van der Waals surface area contributed by atoms with E-state index in [0.717, 1.165) is 26.1 Å². The molecule has 2 N–H and O–H groups in total. The summed E-state index contributed by atoms with van der Waals surface area (Å²) < 4.78 is 7.53. The van der Waals surface area contributed by atoms with Gasteiger partial charge in [0.05, 0.1) is 19.0 Å². The van der Waals surface area contributed by atoms with E-state index in [1.54, 1.807) is 0 Å². The molecule has 0 aromatic carbocycles. The summed E-state index contributed by atoms with van der Waals surface area (Å²) in [6, 6.07) is 0.476. The average Bonchev–Trinajstić information content (AvgIpc) is 2.71. The van der Waals surface area contributed by atoms with Gasteiger partial charge < -0.3 is 15.0 Å². The quantitative estimate of drug-likeness (QED) is 0.732. The Morgan fingerprint density at radius 3 is 3.31 bits per heavy atom. The molecule has 1 atom stereocenters. The zero-order valence-electron chi connectivity index (χ0n) is 7.65. The molecule has 4 nitrogen and oxygen atoms in total. The first-order chi connectivity index (χ1) is 6.42. The van der Waals surface area contributed by atoms with E-state index in [4.69, 9.17) is 10.5 Å². The molecule has 0 saturated carbocycles. The second-order valence-corrected chi connectivity index (χ2v) is 3.35. The highest BCUT2D eigenvalue weighted by Gasteiger charge is 2.18. The predicted molar refractivity (Wildman–Crippen MR) is 49.5 cm³/mol. The minimum absolute atomic E-state index is 0.476.